The van der Waals surface area contributed by atoms with Gasteiger partial charge in [-0.1, -0.05) is 50.1 Å². The quantitative estimate of drug-likeness (QED) is 0.550. The predicted molar refractivity (Wildman–Crippen MR) is 100 cm³/mol. The van der Waals surface area contributed by atoms with E-state index >= 15 is 0 Å². The molecular weight excluding hydrogens is 398 g/mol. The fourth-order valence-corrected chi connectivity index (χ4v) is 4.00. The minimum atomic E-state index is -4.76. The third-order valence-corrected chi connectivity index (χ3v) is 5.54. The number of carbonyl (C=O) groups is 1. The Morgan fingerprint density at radius 2 is 1.43 bits per heavy atom. The fourth-order valence-electron chi connectivity index (χ4n) is 3.78. The highest BCUT2D eigenvalue weighted by molar-refractivity contribution is 6.31. The number of alkyl halides is 3. The van der Waals surface area contributed by atoms with Gasteiger partial charge in [0.1, 0.15) is 0 Å². The van der Waals surface area contributed by atoms with E-state index in [1.807, 2.05) is 0 Å². The number of halogens is 5. The van der Waals surface area contributed by atoms with Gasteiger partial charge in [-0.15, -0.1) is 0 Å². The summed E-state index contributed by atoms with van der Waals surface area (Å²) in [5.74, 6) is -3.18. The van der Waals surface area contributed by atoms with E-state index in [2.05, 4.69) is 5.32 Å². The SMILES string of the molecule is C1CCC(NC2CCCCC2)CC1.O=C(O)c1cc(C(F)(F)F)cc(Cl)c1F. The molecule has 0 saturated heterocycles. The summed E-state index contributed by atoms with van der Waals surface area (Å²) in [6, 6.07) is 2.28. The molecule has 0 heterocycles. The zero-order valence-corrected chi connectivity index (χ0v) is 16.4. The molecule has 2 aliphatic rings. The molecule has 2 N–H and O–H groups in total. The Kier molecular flexibility index (Phi) is 8.56. The molecule has 3 nitrogen and oxygen atoms in total. The van der Waals surface area contributed by atoms with E-state index in [1.54, 1.807) is 0 Å². The van der Waals surface area contributed by atoms with Gasteiger partial charge >= 0.3 is 12.1 Å². The van der Waals surface area contributed by atoms with Crippen molar-refractivity contribution in [3.05, 3.63) is 34.1 Å². The van der Waals surface area contributed by atoms with Crippen LogP contribution in [0.15, 0.2) is 12.1 Å². The summed E-state index contributed by atoms with van der Waals surface area (Å²) in [6.45, 7) is 0. The van der Waals surface area contributed by atoms with E-state index in [-0.39, 0.29) is 6.07 Å². The predicted octanol–water partition coefficient (Wildman–Crippen LogP) is 6.44. The van der Waals surface area contributed by atoms with Gasteiger partial charge in [-0.05, 0) is 37.8 Å². The molecule has 0 aromatic heterocycles. The zero-order valence-electron chi connectivity index (χ0n) is 15.6. The first-order valence-corrected chi connectivity index (χ1v) is 10.1. The van der Waals surface area contributed by atoms with Crippen molar-refractivity contribution in [1.82, 2.24) is 5.32 Å². The van der Waals surface area contributed by atoms with Gasteiger partial charge in [0.2, 0.25) is 0 Å². The number of hydrogen-bond donors (Lipinski definition) is 2. The molecule has 8 heteroatoms. The summed E-state index contributed by atoms with van der Waals surface area (Å²) in [7, 11) is 0. The number of carboxylic acids is 1. The topological polar surface area (TPSA) is 49.3 Å². The second-order valence-corrected chi connectivity index (χ2v) is 7.87. The Morgan fingerprint density at radius 3 is 1.82 bits per heavy atom. The summed E-state index contributed by atoms with van der Waals surface area (Å²) in [4.78, 5) is 10.4. The molecule has 0 atom stereocenters. The van der Waals surface area contributed by atoms with Crippen molar-refractivity contribution in [2.24, 2.45) is 0 Å². The Balaban J connectivity index is 0.000000202. The van der Waals surface area contributed by atoms with Crippen molar-refractivity contribution in [3.8, 4) is 0 Å². The summed E-state index contributed by atoms with van der Waals surface area (Å²) in [6.07, 6.45) is 9.80. The number of rotatable bonds is 3. The summed E-state index contributed by atoms with van der Waals surface area (Å²) < 4.78 is 49.4. The zero-order chi connectivity index (χ0) is 20.7. The molecule has 0 unspecified atom stereocenters. The van der Waals surface area contributed by atoms with Crippen LogP contribution in [-0.4, -0.2) is 23.2 Å². The molecule has 2 saturated carbocycles. The van der Waals surface area contributed by atoms with Crippen LogP contribution in [0.5, 0.6) is 0 Å². The molecule has 0 amide bonds. The van der Waals surface area contributed by atoms with E-state index in [1.165, 1.54) is 64.2 Å². The van der Waals surface area contributed by atoms with Crippen molar-refractivity contribution >= 4 is 17.6 Å². The Labute approximate surface area is 167 Å². The molecule has 0 spiro atoms. The van der Waals surface area contributed by atoms with Crippen LogP contribution < -0.4 is 5.32 Å². The van der Waals surface area contributed by atoms with Crippen LogP contribution in [0.25, 0.3) is 0 Å². The minimum Gasteiger partial charge on any atom is -0.478 e. The third kappa shape index (κ3) is 6.92. The second-order valence-electron chi connectivity index (χ2n) is 7.46. The van der Waals surface area contributed by atoms with Crippen molar-refractivity contribution in [2.45, 2.75) is 82.5 Å². The van der Waals surface area contributed by atoms with Crippen molar-refractivity contribution in [2.75, 3.05) is 0 Å². The lowest BCUT2D eigenvalue weighted by Gasteiger charge is -2.30. The van der Waals surface area contributed by atoms with Crippen LogP contribution in [-0.2, 0) is 6.18 Å². The van der Waals surface area contributed by atoms with E-state index in [9.17, 15) is 22.4 Å². The number of hydrogen-bond acceptors (Lipinski definition) is 2. The van der Waals surface area contributed by atoms with Gasteiger partial charge in [-0.25, -0.2) is 9.18 Å². The molecular formula is C20H26ClF4NO2. The van der Waals surface area contributed by atoms with Gasteiger partial charge in [-0.2, -0.15) is 13.2 Å². The summed E-state index contributed by atoms with van der Waals surface area (Å²) in [5, 5.41) is 11.4. The molecule has 0 aliphatic heterocycles. The van der Waals surface area contributed by atoms with Gasteiger partial charge in [0.05, 0.1) is 16.1 Å². The van der Waals surface area contributed by atoms with Crippen LogP contribution in [0.3, 0.4) is 0 Å². The van der Waals surface area contributed by atoms with Crippen molar-refractivity contribution < 1.29 is 27.5 Å². The summed E-state index contributed by atoms with van der Waals surface area (Å²) in [5.41, 5.74) is -2.40. The molecule has 3 rings (SSSR count). The Morgan fingerprint density at radius 1 is 0.964 bits per heavy atom. The number of carboxylic acid groups (broad SMARTS) is 1. The van der Waals surface area contributed by atoms with Gasteiger partial charge in [0.15, 0.2) is 5.82 Å². The first kappa shape index (κ1) is 22.9. The van der Waals surface area contributed by atoms with E-state index in [4.69, 9.17) is 16.7 Å². The molecule has 1 aromatic carbocycles. The highest BCUT2D eigenvalue weighted by Crippen LogP contribution is 2.33. The van der Waals surface area contributed by atoms with Crippen LogP contribution >= 0.6 is 11.6 Å². The second kappa shape index (κ2) is 10.4. The van der Waals surface area contributed by atoms with E-state index in [0.29, 0.717) is 6.07 Å². The van der Waals surface area contributed by atoms with Crippen LogP contribution in [0, 0.1) is 5.82 Å². The first-order valence-electron chi connectivity index (χ1n) is 9.74. The molecule has 1 aromatic rings. The molecule has 0 radical (unpaired) electrons. The highest BCUT2D eigenvalue weighted by Gasteiger charge is 2.33. The van der Waals surface area contributed by atoms with Gasteiger partial charge in [-0.3, -0.25) is 0 Å². The standard InChI is InChI=1S/C12H23N.C8H3ClF4O2/c1-3-7-11(8-4-1)13-12-9-5-2-6-10-12;9-5-2-3(8(11,12)13)1-4(6(5)10)7(14)15/h11-13H,1-10H2;1-2H,(H,14,15). The average molecular weight is 424 g/mol. The maximum absolute atomic E-state index is 12.9. The number of aromatic carboxylic acids is 1. The normalized spacial score (nSPS) is 19.0. The third-order valence-electron chi connectivity index (χ3n) is 5.27. The number of nitrogens with one attached hydrogen (secondary N) is 1. The van der Waals surface area contributed by atoms with Gasteiger partial charge in [0.25, 0.3) is 0 Å². The lowest BCUT2D eigenvalue weighted by molar-refractivity contribution is -0.137. The lowest BCUT2D eigenvalue weighted by atomic mass is 9.91. The molecule has 2 fully saturated rings. The Bertz CT molecular complexity index is 638. The lowest BCUT2D eigenvalue weighted by Crippen LogP contribution is -2.40. The average Bonchev–Trinajstić information content (AvgIpc) is 2.65. The first-order chi connectivity index (χ1) is 13.2. The van der Waals surface area contributed by atoms with E-state index < -0.39 is 34.1 Å². The smallest absolute Gasteiger partial charge is 0.416 e. The van der Waals surface area contributed by atoms with Crippen molar-refractivity contribution in [3.63, 3.8) is 0 Å². The number of benzene rings is 1. The maximum Gasteiger partial charge on any atom is 0.416 e. The molecule has 0 bridgehead atoms. The van der Waals surface area contributed by atoms with Crippen LogP contribution in [0.4, 0.5) is 17.6 Å². The molecule has 28 heavy (non-hydrogen) atoms. The van der Waals surface area contributed by atoms with Gasteiger partial charge in [0, 0.05) is 12.1 Å². The van der Waals surface area contributed by atoms with Crippen LogP contribution in [0.2, 0.25) is 5.02 Å². The summed E-state index contributed by atoms with van der Waals surface area (Å²) >= 11 is 5.13. The van der Waals surface area contributed by atoms with Crippen molar-refractivity contribution in [1.29, 1.82) is 0 Å². The van der Waals surface area contributed by atoms with E-state index in [0.717, 1.165) is 12.1 Å². The fraction of sp³-hybridized carbons (Fsp3) is 0.650. The maximum atomic E-state index is 12.9. The van der Waals surface area contributed by atoms with Crippen LogP contribution in [0.1, 0.15) is 80.1 Å². The van der Waals surface area contributed by atoms with Gasteiger partial charge < -0.3 is 10.4 Å². The largest absolute Gasteiger partial charge is 0.478 e. The monoisotopic (exact) mass is 423 g/mol. The Hall–Kier alpha value is -1.34. The molecule has 2 aliphatic carbocycles. The highest BCUT2D eigenvalue weighted by atomic mass is 35.5. The molecule has 158 valence electrons. The minimum absolute atomic E-state index is 0.198.